The van der Waals surface area contributed by atoms with Crippen LogP contribution in [0.5, 0.6) is 11.5 Å². The number of thiocarbonyl (C=S) groups is 1. The topological polar surface area (TPSA) is 97.7 Å². The molecular formula is C29H31N5O4S2. The summed E-state index contributed by atoms with van der Waals surface area (Å²) in [5.74, 6) is 0.766. The highest BCUT2D eigenvalue weighted by Crippen LogP contribution is 2.35. The third-order valence-electron chi connectivity index (χ3n) is 6.19. The molecule has 0 saturated carbocycles. The van der Waals surface area contributed by atoms with Gasteiger partial charge in [0.05, 0.1) is 41.2 Å². The molecule has 0 aliphatic rings. The predicted octanol–water partition coefficient (Wildman–Crippen LogP) is 6.01. The molecule has 4 rings (SSSR count). The van der Waals surface area contributed by atoms with Crippen LogP contribution in [0.15, 0.2) is 54.6 Å². The van der Waals surface area contributed by atoms with Crippen molar-refractivity contribution in [1.29, 1.82) is 0 Å². The molecule has 4 aromatic rings. The van der Waals surface area contributed by atoms with E-state index in [1.165, 1.54) is 12.0 Å². The lowest BCUT2D eigenvalue weighted by Gasteiger charge is -2.12. The Kier molecular flexibility index (Phi) is 8.86. The molecule has 2 aromatic carbocycles. The van der Waals surface area contributed by atoms with E-state index in [0.29, 0.717) is 22.0 Å². The fourth-order valence-electron chi connectivity index (χ4n) is 4.14. The van der Waals surface area contributed by atoms with Crippen molar-refractivity contribution >= 4 is 51.2 Å². The van der Waals surface area contributed by atoms with E-state index >= 15 is 0 Å². The summed E-state index contributed by atoms with van der Waals surface area (Å²) in [6, 6.07) is 17.5. The Hall–Kier alpha value is -4.22. The summed E-state index contributed by atoms with van der Waals surface area (Å²) in [7, 11) is 4.63. The molecule has 11 heteroatoms. The molecule has 0 aliphatic heterocycles. The average Bonchev–Trinajstić information content (AvgIpc) is 3.38. The maximum Gasteiger partial charge on any atom is 0.341 e. The van der Waals surface area contributed by atoms with Gasteiger partial charge < -0.3 is 25.0 Å². The lowest BCUT2D eigenvalue weighted by Crippen LogP contribution is -2.21. The second kappa shape index (κ2) is 12.3. The molecule has 0 radical (unpaired) electrons. The fraction of sp³-hybridized carbons (Fsp3) is 0.241. The second-order valence-electron chi connectivity index (χ2n) is 9.30. The normalized spacial score (nSPS) is 10.7. The molecule has 40 heavy (non-hydrogen) atoms. The van der Waals surface area contributed by atoms with Gasteiger partial charge in [0.15, 0.2) is 5.11 Å². The lowest BCUT2D eigenvalue weighted by atomic mass is 10.1. The van der Waals surface area contributed by atoms with Gasteiger partial charge in [0.1, 0.15) is 16.5 Å². The fourth-order valence-corrected chi connectivity index (χ4v) is 5.63. The Labute approximate surface area is 242 Å². The second-order valence-corrected chi connectivity index (χ2v) is 10.7. The minimum atomic E-state index is -0.546. The van der Waals surface area contributed by atoms with E-state index in [4.69, 9.17) is 26.8 Å². The number of rotatable bonds is 8. The highest BCUT2D eigenvalue weighted by atomic mass is 32.1. The summed E-state index contributed by atoms with van der Waals surface area (Å²) in [5.41, 5.74) is 4.25. The van der Waals surface area contributed by atoms with Crippen LogP contribution in [0, 0.1) is 20.8 Å². The van der Waals surface area contributed by atoms with Gasteiger partial charge in [-0.15, -0.1) is 11.3 Å². The number of hydrogen-bond acceptors (Lipinski definition) is 7. The standard InChI is InChI=1S/C29H31N5O4S2/c1-17-23(28(36)37-6)26(40-25(17)27(35)33(4)5)31-29(39)30-24-18(2)32-34(19(24)3)16-20-11-10-14-22(15-20)38-21-12-8-7-9-13-21/h7-15H,16H2,1-6H3,(H2,30,31,39). The van der Waals surface area contributed by atoms with Gasteiger partial charge in [-0.25, -0.2) is 4.79 Å². The minimum absolute atomic E-state index is 0.203. The molecule has 1 amide bonds. The van der Waals surface area contributed by atoms with Crippen molar-refractivity contribution in [2.45, 2.75) is 27.3 Å². The number of para-hydroxylation sites is 1. The predicted molar refractivity (Wildman–Crippen MR) is 162 cm³/mol. The number of anilines is 2. The van der Waals surface area contributed by atoms with Gasteiger partial charge in [-0.1, -0.05) is 30.3 Å². The number of hydrogen-bond donors (Lipinski definition) is 2. The molecule has 0 aliphatic carbocycles. The van der Waals surface area contributed by atoms with Gasteiger partial charge >= 0.3 is 5.97 Å². The van der Waals surface area contributed by atoms with Gasteiger partial charge in [-0.05, 0) is 68.4 Å². The Bertz CT molecular complexity index is 1560. The molecule has 0 spiro atoms. The number of nitrogens with one attached hydrogen (secondary N) is 2. The van der Waals surface area contributed by atoms with E-state index in [9.17, 15) is 9.59 Å². The number of methoxy groups -OCH3 is 1. The summed E-state index contributed by atoms with van der Waals surface area (Å²) >= 11 is 6.75. The number of benzene rings is 2. The molecule has 2 aromatic heterocycles. The average molecular weight is 578 g/mol. The van der Waals surface area contributed by atoms with Gasteiger partial charge in [-0.2, -0.15) is 5.10 Å². The molecule has 0 unspecified atom stereocenters. The number of ether oxygens (including phenoxy) is 2. The van der Waals surface area contributed by atoms with Crippen LogP contribution in [0.2, 0.25) is 0 Å². The summed E-state index contributed by atoms with van der Waals surface area (Å²) in [4.78, 5) is 27.1. The zero-order chi connectivity index (χ0) is 29.0. The molecule has 9 nitrogen and oxygen atoms in total. The molecule has 0 saturated heterocycles. The monoisotopic (exact) mass is 577 g/mol. The Morgan fingerprint density at radius 3 is 2.40 bits per heavy atom. The van der Waals surface area contributed by atoms with Crippen LogP contribution in [0.1, 0.15) is 42.5 Å². The number of aromatic nitrogens is 2. The molecule has 0 atom stereocenters. The molecule has 2 heterocycles. The first kappa shape index (κ1) is 28.8. The van der Waals surface area contributed by atoms with Crippen molar-refractivity contribution < 1.29 is 19.1 Å². The first-order valence-electron chi connectivity index (χ1n) is 12.5. The van der Waals surface area contributed by atoms with Gasteiger partial charge in [0.2, 0.25) is 0 Å². The molecule has 0 bridgehead atoms. The molecule has 0 fully saturated rings. The number of thiophene rings is 1. The van der Waals surface area contributed by atoms with Crippen molar-refractivity contribution in [2.24, 2.45) is 0 Å². The number of amides is 1. The van der Waals surface area contributed by atoms with E-state index in [1.54, 1.807) is 21.0 Å². The van der Waals surface area contributed by atoms with Crippen LogP contribution in [0.25, 0.3) is 0 Å². The molecule has 2 N–H and O–H groups in total. The minimum Gasteiger partial charge on any atom is -0.465 e. The van der Waals surface area contributed by atoms with Crippen LogP contribution in [0.3, 0.4) is 0 Å². The number of nitrogens with zero attached hydrogens (tertiary/aromatic N) is 3. The Balaban J connectivity index is 1.51. The van der Waals surface area contributed by atoms with Crippen molar-refractivity contribution in [1.82, 2.24) is 14.7 Å². The quantitative estimate of drug-likeness (QED) is 0.194. The van der Waals surface area contributed by atoms with Crippen molar-refractivity contribution in [3.63, 3.8) is 0 Å². The number of esters is 1. The third kappa shape index (κ3) is 6.32. The Morgan fingerprint density at radius 2 is 1.73 bits per heavy atom. The van der Waals surface area contributed by atoms with E-state index in [-0.39, 0.29) is 16.6 Å². The van der Waals surface area contributed by atoms with Crippen molar-refractivity contribution in [2.75, 3.05) is 31.8 Å². The summed E-state index contributed by atoms with van der Waals surface area (Å²) in [6.45, 7) is 6.11. The smallest absolute Gasteiger partial charge is 0.341 e. The van der Waals surface area contributed by atoms with Gasteiger partial charge in [-0.3, -0.25) is 9.48 Å². The molecule has 208 valence electrons. The van der Waals surface area contributed by atoms with E-state index in [1.807, 2.05) is 73.1 Å². The first-order chi connectivity index (χ1) is 19.1. The van der Waals surface area contributed by atoms with E-state index in [2.05, 4.69) is 10.6 Å². The van der Waals surface area contributed by atoms with Crippen molar-refractivity contribution in [3.05, 3.63) is 87.6 Å². The first-order valence-corrected chi connectivity index (χ1v) is 13.7. The van der Waals surface area contributed by atoms with Crippen LogP contribution < -0.4 is 15.4 Å². The SMILES string of the molecule is COC(=O)c1c(NC(=S)Nc2c(C)nn(Cc3cccc(Oc4ccccc4)c3)c2C)sc(C(=O)N(C)C)c1C. The highest BCUT2D eigenvalue weighted by molar-refractivity contribution is 7.80. The zero-order valence-corrected chi connectivity index (χ0v) is 24.8. The zero-order valence-electron chi connectivity index (χ0n) is 23.2. The van der Waals surface area contributed by atoms with Crippen molar-refractivity contribution in [3.8, 4) is 11.5 Å². The molecular weight excluding hydrogens is 546 g/mol. The summed E-state index contributed by atoms with van der Waals surface area (Å²) in [6.07, 6.45) is 0. The van der Waals surface area contributed by atoms with E-state index < -0.39 is 5.97 Å². The van der Waals surface area contributed by atoms with Gasteiger partial charge in [0.25, 0.3) is 5.91 Å². The lowest BCUT2D eigenvalue weighted by molar-refractivity contribution is 0.0601. The number of carbonyl (C=O) groups excluding carboxylic acids is 2. The van der Waals surface area contributed by atoms with Crippen LogP contribution in [0.4, 0.5) is 10.7 Å². The number of aryl methyl sites for hydroxylation is 1. The Morgan fingerprint density at radius 1 is 1.02 bits per heavy atom. The number of carbonyl (C=O) groups is 2. The van der Waals surface area contributed by atoms with Crippen LogP contribution >= 0.6 is 23.6 Å². The van der Waals surface area contributed by atoms with Gasteiger partial charge in [0, 0.05) is 14.1 Å². The highest BCUT2D eigenvalue weighted by Gasteiger charge is 2.27. The largest absolute Gasteiger partial charge is 0.465 e. The summed E-state index contributed by atoms with van der Waals surface area (Å²) < 4.78 is 12.8. The van der Waals surface area contributed by atoms with E-state index in [0.717, 1.165) is 45.5 Å². The summed E-state index contributed by atoms with van der Waals surface area (Å²) in [5, 5.41) is 11.7. The van der Waals surface area contributed by atoms with Crippen LogP contribution in [-0.2, 0) is 11.3 Å². The maximum atomic E-state index is 12.7. The third-order valence-corrected chi connectivity index (χ3v) is 7.59. The maximum absolute atomic E-state index is 12.7. The van der Waals surface area contributed by atoms with Crippen LogP contribution in [-0.4, -0.2) is 52.9 Å².